The number of nitrogens with zero attached hydrogens (tertiary/aromatic N) is 1. The minimum Gasteiger partial charge on any atom is -0.505 e. The van der Waals surface area contributed by atoms with E-state index in [-0.39, 0.29) is 17.0 Å². The van der Waals surface area contributed by atoms with Crippen LogP contribution >= 0.6 is 0 Å². The molecular weight excluding hydrogens is 266 g/mol. The highest BCUT2D eigenvalue weighted by molar-refractivity contribution is 6.08. The Hall–Kier alpha value is -2.88. The van der Waals surface area contributed by atoms with Crippen LogP contribution in [-0.4, -0.2) is 21.2 Å². The van der Waals surface area contributed by atoms with Crippen molar-refractivity contribution in [2.45, 2.75) is 6.92 Å². The second-order valence-corrected chi connectivity index (χ2v) is 4.82. The van der Waals surface area contributed by atoms with Crippen LogP contribution in [0, 0.1) is 6.92 Å². The molecule has 0 saturated carbocycles. The van der Waals surface area contributed by atoms with Crippen molar-refractivity contribution >= 4 is 16.9 Å². The highest BCUT2D eigenvalue weighted by atomic mass is 16.4. The fourth-order valence-corrected chi connectivity index (χ4v) is 2.49. The third-order valence-corrected chi connectivity index (χ3v) is 3.46. The molecule has 0 aliphatic heterocycles. The van der Waals surface area contributed by atoms with Crippen LogP contribution in [0.4, 0.5) is 0 Å². The van der Waals surface area contributed by atoms with Gasteiger partial charge in [0, 0.05) is 10.9 Å². The number of pyridine rings is 1. The van der Waals surface area contributed by atoms with Gasteiger partial charge in [-0.25, -0.2) is 9.78 Å². The van der Waals surface area contributed by atoms with Crippen LogP contribution < -0.4 is 0 Å². The monoisotopic (exact) mass is 279 g/mol. The SMILES string of the molecule is Cc1cccc2nc(-c3ccccc3)c(O)c(C(=O)O)c12. The molecule has 0 radical (unpaired) electrons. The molecule has 2 aromatic carbocycles. The fraction of sp³-hybridized carbons (Fsp3) is 0.0588. The van der Waals surface area contributed by atoms with E-state index in [0.717, 1.165) is 5.56 Å². The van der Waals surface area contributed by atoms with E-state index < -0.39 is 5.97 Å². The summed E-state index contributed by atoms with van der Waals surface area (Å²) in [6.07, 6.45) is 0. The molecular formula is C17H13NO3. The number of carboxylic acid groups (broad SMARTS) is 1. The van der Waals surface area contributed by atoms with Crippen LogP contribution in [0.25, 0.3) is 22.2 Å². The van der Waals surface area contributed by atoms with E-state index in [1.165, 1.54) is 0 Å². The maximum Gasteiger partial charge on any atom is 0.340 e. The minimum atomic E-state index is -1.16. The summed E-state index contributed by atoms with van der Waals surface area (Å²) < 4.78 is 0. The molecule has 0 bridgehead atoms. The van der Waals surface area contributed by atoms with Gasteiger partial charge in [0.05, 0.1) is 5.52 Å². The van der Waals surface area contributed by atoms with Crippen LogP contribution in [0.15, 0.2) is 48.5 Å². The van der Waals surface area contributed by atoms with Gasteiger partial charge in [-0.3, -0.25) is 0 Å². The topological polar surface area (TPSA) is 70.4 Å². The summed E-state index contributed by atoms with van der Waals surface area (Å²) in [5.41, 5.74) is 2.19. The Balaban J connectivity index is 2.44. The Labute approximate surface area is 121 Å². The third-order valence-electron chi connectivity index (χ3n) is 3.46. The second kappa shape index (κ2) is 4.90. The Bertz CT molecular complexity index is 842. The smallest absolute Gasteiger partial charge is 0.340 e. The van der Waals surface area contributed by atoms with E-state index >= 15 is 0 Å². The van der Waals surface area contributed by atoms with Crippen molar-refractivity contribution in [3.8, 4) is 17.0 Å². The summed E-state index contributed by atoms with van der Waals surface area (Å²) in [4.78, 5) is 16.0. The van der Waals surface area contributed by atoms with Gasteiger partial charge in [-0.15, -0.1) is 0 Å². The normalized spacial score (nSPS) is 10.7. The molecule has 4 heteroatoms. The van der Waals surface area contributed by atoms with Gasteiger partial charge in [0.2, 0.25) is 0 Å². The predicted molar refractivity (Wildman–Crippen MR) is 80.5 cm³/mol. The average Bonchev–Trinajstić information content (AvgIpc) is 2.48. The van der Waals surface area contributed by atoms with Gasteiger partial charge in [0.15, 0.2) is 5.75 Å². The first-order valence-corrected chi connectivity index (χ1v) is 6.50. The van der Waals surface area contributed by atoms with E-state index in [2.05, 4.69) is 4.98 Å². The van der Waals surface area contributed by atoms with E-state index in [4.69, 9.17) is 0 Å². The molecule has 4 nitrogen and oxygen atoms in total. The number of aryl methyl sites for hydroxylation is 1. The quantitative estimate of drug-likeness (QED) is 0.751. The van der Waals surface area contributed by atoms with Gasteiger partial charge in [-0.05, 0) is 18.6 Å². The Morgan fingerprint density at radius 1 is 1.05 bits per heavy atom. The van der Waals surface area contributed by atoms with Gasteiger partial charge in [-0.2, -0.15) is 0 Å². The average molecular weight is 279 g/mol. The number of aromatic carboxylic acids is 1. The van der Waals surface area contributed by atoms with E-state index in [1.807, 2.05) is 24.3 Å². The van der Waals surface area contributed by atoms with Crippen molar-refractivity contribution in [2.75, 3.05) is 0 Å². The third kappa shape index (κ3) is 2.10. The molecule has 104 valence electrons. The molecule has 0 aliphatic carbocycles. The van der Waals surface area contributed by atoms with Crippen LogP contribution in [0.2, 0.25) is 0 Å². The molecule has 0 aliphatic rings. The largest absolute Gasteiger partial charge is 0.505 e. The summed E-state index contributed by atoms with van der Waals surface area (Å²) in [6, 6.07) is 14.4. The summed E-state index contributed by atoms with van der Waals surface area (Å²) in [5.74, 6) is -1.46. The highest BCUT2D eigenvalue weighted by Crippen LogP contribution is 2.36. The van der Waals surface area contributed by atoms with Gasteiger partial charge >= 0.3 is 5.97 Å². The van der Waals surface area contributed by atoms with Crippen molar-refractivity contribution in [1.29, 1.82) is 0 Å². The number of hydrogen-bond donors (Lipinski definition) is 2. The van der Waals surface area contributed by atoms with Crippen LogP contribution in [-0.2, 0) is 0 Å². The molecule has 1 heterocycles. The molecule has 0 amide bonds. The zero-order valence-corrected chi connectivity index (χ0v) is 11.4. The molecule has 0 atom stereocenters. The number of aromatic hydroxyl groups is 1. The number of carboxylic acids is 1. The lowest BCUT2D eigenvalue weighted by molar-refractivity contribution is 0.0696. The predicted octanol–water partition coefficient (Wildman–Crippen LogP) is 3.61. The lowest BCUT2D eigenvalue weighted by atomic mass is 9.99. The van der Waals surface area contributed by atoms with Gasteiger partial charge in [0.1, 0.15) is 11.3 Å². The van der Waals surface area contributed by atoms with E-state index in [9.17, 15) is 15.0 Å². The molecule has 1 aromatic heterocycles. The summed E-state index contributed by atoms with van der Waals surface area (Å²) >= 11 is 0. The number of aromatic nitrogens is 1. The van der Waals surface area contributed by atoms with Crippen LogP contribution in [0.1, 0.15) is 15.9 Å². The number of benzene rings is 2. The standard InChI is InChI=1S/C17H13NO3/c1-10-6-5-9-12-13(10)14(17(20)21)16(19)15(18-12)11-7-3-2-4-8-11/h2-9,19H,1H3,(H,20,21). The summed E-state index contributed by atoms with van der Waals surface area (Å²) in [6.45, 7) is 1.80. The van der Waals surface area contributed by atoms with Gasteiger partial charge in [0.25, 0.3) is 0 Å². The first-order chi connectivity index (χ1) is 10.1. The van der Waals surface area contributed by atoms with Crippen molar-refractivity contribution in [1.82, 2.24) is 4.98 Å². The van der Waals surface area contributed by atoms with Crippen LogP contribution in [0.3, 0.4) is 0 Å². The van der Waals surface area contributed by atoms with E-state index in [1.54, 1.807) is 31.2 Å². The lowest BCUT2D eigenvalue weighted by Crippen LogP contribution is -2.03. The highest BCUT2D eigenvalue weighted by Gasteiger charge is 2.21. The van der Waals surface area contributed by atoms with Crippen molar-refractivity contribution in [3.05, 3.63) is 59.7 Å². The van der Waals surface area contributed by atoms with Gasteiger partial charge in [-0.1, -0.05) is 42.5 Å². The zero-order chi connectivity index (χ0) is 15.0. The number of fused-ring (bicyclic) bond motifs is 1. The number of hydrogen-bond acceptors (Lipinski definition) is 3. The Morgan fingerprint density at radius 3 is 2.43 bits per heavy atom. The zero-order valence-electron chi connectivity index (χ0n) is 11.4. The second-order valence-electron chi connectivity index (χ2n) is 4.82. The maximum atomic E-state index is 11.6. The molecule has 3 rings (SSSR count). The molecule has 0 unspecified atom stereocenters. The first-order valence-electron chi connectivity index (χ1n) is 6.50. The van der Waals surface area contributed by atoms with Crippen molar-refractivity contribution in [2.24, 2.45) is 0 Å². The first kappa shape index (κ1) is 13.1. The molecule has 0 spiro atoms. The molecule has 21 heavy (non-hydrogen) atoms. The number of rotatable bonds is 2. The van der Waals surface area contributed by atoms with Gasteiger partial charge < -0.3 is 10.2 Å². The van der Waals surface area contributed by atoms with Crippen LogP contribution in [0.5, 0.6) is 5.75 Å². The molecule has 2 N–H and O–H groups in total. The number of carbonyl (C=O) groups is 1. The van der Waals surface area contributed by atoms with Crippen molar-refractivity contribution < 1.29 is 15.0 Å². The Kier molecular flexibility index (Phi) is 3.06. The van der Waals surface area contributed by atoms with Crippen molar-refractivity contribution in [3.63, 3.8) is 0 Å². The summed E-state index contributed by atoms with van der Waals surface area (Å²) in [5, 5.41) is 20.3. The van der Waals surface area contributed by atoms with E-state index in [0.29, 0.717) is 16.5 Å². The molecule has 3 aromatic rings. The summed E-state index contributed by atoms with van der Waals surface area (Å²) in [7, 11) is 0. The molecule has 0 saturated heterocycles. The lowest BCUT2D eigenvalue weighted by Gasteiger charge is -2.12. The maximum absolute atomic E-state index is 11.6. The Morgan fingerprint density at radius 2 is 1.76 bits per heavy atom. The minimum absolute atomic E-state index is 0.100. The molecule has 0 fully saturated rings. The fourth-order valence-electron chi connectivity index (χ4n) is 2.49.